The molecular weight excluding hydrogens is 349 g/mol. The number of aliphatic hydroxyl groups is 1. The second-order valence-electron chi connectivity index (χ2n) is 6.00. The summed E-state index contributed by atoms with van der Waals surface area (Å²) in [6.45, 7) is 2.57. The molecule has 1 atom stereocenters. The number of fused-ring (bicyclic) bond motifs is 3. The molecule has 0 saturated carbocycles. The van der Waals surface area contributed by atoms with Gasteiger partial charge in [0.05, 0.1) is 22.8 Å². The van der Waals surface area contributed by atoms with E-state index in [1.165, 1.54) is 0 Å². The fourth-order valence-corrected chi connectivity index (χ4v) is 4.52. The van der Waals surface area contributed by atoms with Crippen molar-refractivity contribution in [3.05, 3.63) is 33.7 Å². The lowest BCUT2D eigenvalue weighted by Gasteiger charge is -2.35. The van der Waals surface area contributed by atoms with Gasteiger partial charge in [-0.15, -0.1) is 0 Å². The number of hydrogen-bond acceptors (Lipinski definition) is 6. The van der Waals surface area contributed by atoms with Crippen molar-refractivity contribution in [2.45, 2.75) is 10.4 Å². The van der Waals surface area contributed by atoms with Gasteiger partial charge in [0.2, 0.25) is 5.43 Å². The molecule has 4 rings (SSSR count). The van der Waals surface area contributed by atoms with Crippen LogP contribution in [0.4, 0.5) is 10.1 Å². The zero-order valence-corrected chi connectivity index (χ0v) is 14.0. The van der Waals surface area contributed by atoms with E-state index < -0.39 is 17.2 Å². The van der Waals surface area contributed by atoms with E-state index in [0.29, 0.717) is 29.3 Å². The molecule has 1 aromatic heterocycles. The van der Waals surface area contributed by atoms with E-state index in [9.17, 15) is 24.2 Å². The van der Waals surface area contributed by atoms with Gasteiger partial charge in [0, 0.05) is 31.6 Å². The van der Waals surface area contributed by atoms with Crippen molar-refractivity contribution >= 4 is 34.3 Å². The number of anilines is 1. The molecule has 1 fully saturated rings. The number of nitrogens with one attached hydrogen (secondary N) is 1. The normalized spacial score (nSPS) is 19.6. The number of halogens is 1. The third kappa shape index (κ3) is 2.42. The largest absolute Gasteiger partial charge is 0.477 e. The second kappa shape index (κ2) is 6.01. The van der Waals surface area contributed by atoms with Crippen molar-refractivity contribution in [2.24, 2.45) is 0 Å². The Morgan fingerprint density at radius 2 is 2.08 bits per heavy atom. The second-order valence-corrected chi connectivity index (χ2v) is 7.16. The number of carboxylic acids is 1. The van der Waals surface area contributed by atoms with E-state index in [1.54, 1.807) is 10.6 Å². The number of carbonyl (C=O) groups is 1. The Bertz CT molecular complexity index is 939. The lowest BCUT2D eigenvalue weighted by atomic mass is 10.1. The molecular formula is C16H16FN3O4S. The molecule has 0 aliphatic carbocycles. The fourth-order valence-electron chi connectivity index (χ4n) is 3.38. The molecule has 3 heterocycles. The monoisotopic (exact) mass is 365 g/mol. The molecule has 3 N–H and O–H groups in total. The Morgan fingerprint density at radius 1 is 1.36 bits per heavy atom. The molecule has 0 amide bonds. The van der Waals surface area contributed by atoms with Gasteiger partial charge in [-0.2, -0.15) is 0 Å². The van der Waals surface area contributed by atoms with Crippen LogP contribution in [0.3, 0.4) is 0 Å². The average molecular weight is 365 g/mol. The zero-order chi connectivity index (χ0) is 17.7. The van der Waals surface area contributed by atoms with Crippen molar-refractivity contribution in [3.63, 3.8) is 0 Å². The first-order valence-corrected chi connectivity index (χ1v) is 8.79. The van der Waals surface area contributed by atoms with E-state index >= 15 is 0 Å². The van der Waals surface area contributed by atoms with E-state index in [-0.39, 0.29) is 22.9 Å². The van der Waals surface area contributed by atoms with Crippen LogP contribution in [0.15, 0.2) is 22.0 Å². The van der Waals surface area contributed by atoms with Crippen LogP contribution in [0.5, 0.6) is 0 Å². The van der Waals surface area contributed by atoms with Gasteiger partial charge >= 0.3 is 5.97 Å². The summed E-state index contributed by atoms with van der Waals surface area (Å²) in [5, 5.41) is 22.0. The maximum absolute atomic E-state index is 14.6. The molecule has 1 aromatic carbocycles. The highest BCUT2D eigenvalue weighted by Crippen LogP contribution is 2.46. The molecule has 9 heteroatoms. The lowest BCUT2D eigenvalue weighted by Crippen LogP contribution is -2.44. The third-order valence-electron chi connectivity index (χ3n) is 4.59. The van der Waals surface area contributed by atoms with Crippen molar-refractivity contribution in [2.75, 3.05) is 37.7 Å². The average Bonchev–Trinajstić information content (AvgIpc) is 2.58. The molecule has 1 saturated heterocycles. The number of pyridine rings is 1. The molecule has 1 unspecified atom stereocenters. The third-order valence-corrected chi connectivity index (χ3v) is 5.85. The number of aliphatic hydroxyl groups excluding tert-OH is 1. The first-order chi connectivity index (χ1) is 12.0. The number of benzene rings is 1. The molecule has 0 radical (unpaired) electrons. The van der Waals surface area contributed by atoms with Crippen LogP contribution in [0.2, 0.25) is 0 Å². The van der Waals surface area contributed by atoms with E-state index in [4.69, 9.17) is 0 Å². The molecule has 2 aliphatic rings. The van der Waals surface area contributed by atoms with Crippen LogP contribution in [-0.4, -0.2) is 53.5 Å². The fraction of sp³-hybridized carbons (Fsp3) is 0.375. The summed E-state index contributed by atoms with van der Waals surface area (Å²) >= 11 is 1.14. The maximum atomic E-state index is 14.6. The maximum Gasteiger partial charge on any atom is 0.342 e. The van der Waals surface area contributed by atoms with Crippen LogP contribution in [0.1, 0.15) is 15.7 Å². The number of aromatic carboxylic acids is 1. The molecule has 0 spiro atoms. The van der Waals surface area contributed by atoms with Crippen LogP contribution in [-0.2, 0) is 0 Å². The number of hydrogen-bond donors (Lipinski definition) is 3. The predicted octanol–water partition coefficient (Wildman–Crippen LogP) is 0.845. The molecule has 7 nitrogen and oxygen atoms in total. The van der Waals surface area contributed by atoms with E-state index in [2.05, 4.69) is 5.32 Å². The minimum atomic E-state index is -1.34. The highest BCUT2D eigenvalue weighted by molar-refractivity contribution is 8.00. The first kappa shape index (κ1) is 16.4. The SMILES string of the molecule is O=C(O)c1c2n(c3cc(N4CCNCC4)c(F)cc3c1=O)C(CO)S2. The number of piperazine rings is 1. The van der Waals surface area contributed by atoms with Crippen LogP contribution >= 0.6 is 11.8 Å². The van der Waals surface area contributed by atoms with Gasteiger partial charge in [0.1, 0.15) is 16.8 Å². The Hall–Kier alpha value is -2.10. The summed E-state index contributed by atoms with van der Waals surface area (Å²) in [5.74, 6) is -1.89. The van der Waals surface area contributed by atoms with Crippen LogP contribution < -0.4 is 15.6 Å². The summed E-state index contributed by atoms with van der Waals surface area (Å²) in [6, 6.07) is 2.71. The molecule has 25 heavy (non-hydrogen) atoms. The van der Waals surface area contributed by atoms with Crippen molar-refractivity contribution in [1.82, 2.24) is 9.88 Å². The van der Waals surface area contributed by atoms with Crippen LogP contribution in [0, 0.1) is 5.82 Å². The van der Waals surface area contributed by atoms with Gasteiger partial charge in [-0.1, -0.05) is 11.8 Å². The molecule has 132 valence electrons. The molecule has 2 aromatic rings. The van der Waals surface area contributed by atoms with Crippen LogP contribution in [0.25, 0.3) is 10.9 Å². The number of rotatable bonds is 3. The Morgan fingerprint density at radius 3 is 2.72 bits per heavy atom. The van der Waals surface area contributed by atoms with E-state index in [0.717, 1.165) is 30.9 Å². The summed E-state index contributed by atoms with van der Waals surface area (Å²) in [6.07, 6.45) is 0. The highest BCUT2D eigenvalue weighted by atomic mass is 32.2. The highest BCUT2D eigenvalue weighted by Gasteiger charge is 2.35. The van der Waals surface area contributed by atoms with Gasteiger partial charge in [0.25, 0.3) is 0 Å². The van der Waals surface area contributed by atoms with Crippen molar-refractivity contribution in [3.8, 4) is 0 Å². The Balaban J connectivity index is 1.98. The number of thioether (sulfide) groups is 1. The summed E-state index contributed by atoms with van der Waals surface area (Å²) < 4.78 is 16.3. The van der Waals surface area contributed by atoms with Crippen molar-refractivity contribution < 1.29 is 19.4 Å². The first-order valence-electron chi connectivity index (χ1n) is 7.91. The molecule has 0 bridgehead atoms. The smallest absolute Gasteiger partial charge is 0.342 e. The van der Waals surface area contributed by atoms with Gasteiger partial charge in [-0.05, 0) is 12.1 Å². The summed E-state index contributed by atoms with van der Waals surface area (Å²) in [4.78, 5) is 25.9. The topological polar surface area (TPSA) is 94.8 Å². The number of nitrogens with zero attached hydrogens (tertiary/aromatic N) is 2. The zero-order valence-electron chi connectivity index (χ0n) is 13.2. The van der Waals surface area contributed by atoms with E-state index in [1.807, 2.05) is 4.90 Å². The standard InChI is InChI=1S/C16H16FN3O4S/c17-9-5-8-10(6-11(9)19-3-1-18-2-4-19)20-12(7-21)25-15(20)13(14(8)22)16(23)24/h5-6,12,18,21H,1-4,7H2,(H,23,24). The summed E-state index contributed by atoms with van der Waals surface area (Å²) in [5.41, 5.74) is -0.211. The Labute approximate surface area is 146 Å². The number of carboxylic acid groups (broad SMARTS) is 1. The van der Waals surface area contributed by atoms with Gasteiger partial charge in [-0.25, -0.2) is 9.18 Å². The quantitative estimate of drug-likeness (QED) is 0.742. The minimum Gasteiger partial charge on any atom is -0.477 e. The van der Waals surface area contributed by atoms with Gasteiger partial charge in [-0.3, -0.25) is 4.79 Å². The van der Waals surface area contributed by atoms with Gasteiger partial charge < -0.3 is 25.0 Å². The lowest BCUT2D eigenvalue weighted by molar-refractivity contribution is 0.0688. The predicted molar refractivity (Wildman–Crippen MR) is 92.2 cm³/mol. The molecule has 2 aliphatic heterocycles. The Kier molecular flexibility index (Phi) is 3.94. The summed E-state index contributed by atoms with van der Waals surface area (Å²) in [7, 11) is 0. The minimum absolute atomic E-state index is 0.0243. The van der Waals surface area contributed by atoms with Crippen molar-refractivity contribution in [1.29, 1.82) is 0 Å². The van der Waals surface area contributed by atoms with Gasteiger partial charge in [0.15, 0.2) is 0 Å². The number of aromatic nitrogens is 1.